The van der Waals surface area contributed by atoms with Crippen LogP contribution in [0.4, 0.5) is 0 Å². The molecule has 4 nitrogen and oxygen atoms in total. The van der Waals surface area contributed by atoms with Gasteiger partial charge < -0.3 is 5.32 Å². The van der Waals surface area contributed by atoms with Gasteiger partial charge in [-0.25, -0.2) is 9.67 Å². The molecule has 0 saturated carbocycles. The van der Waals surface area contributed by atoms with Crippen LogP contribution < -0.4 is 5.32 Å². The molecule has 0 unspecified atom stereocenters. The number of nitrogens with one attached hydrogen (secondary N) is 1. The maximum atomic E-state index is 4.61. The van der Waals surface area contributed by atoms with Crippen LogP contribution in [0.15, 0.2) is 18.3 Å². The van der Waals surface area contributed by atoms with Crippen LogP contribution in [0.1, 0.15) is 35.9 Å². The van der Waals surface area contributed by atoms with E-state index in [0.717, 1.165) is 31.0 Å². The zero-order valence-electron chi connectivity index (χ0n) is 12.2. The Morgan fingerprint density at radius 1 is 1.26 bits per heavy atom. The fourth-order valence-corrected chi connectivity index (χ4v) is 2.18. The molecule has 0 radical (unpaired) electrons. The predicted octanol–water partition coefficient (Wildman–Crippen LogP) is 2.69. The second-order valence-corrected chi connectivity index (χ2v) is 4.93. The molecule has 0 fully saturated rings. The highest BCUT2D eigenvalue weighted by Gasteiger charge is 2.12. The van der Waals surface area contributed by atoms with Gasteiger partial charge in [-0.2, -0.15) is 5.10 Å². The van der Waals surface area contributed by atoms with Gasteiger partial charge in [-0.15, -0.1) is 0 Å². The van der Waals surface area contributed by atoms with Crippen molar-refractivity contribution in [2.24, 2.45) is 0 Å². The number of rotatable bonds is 5. The lowest BCUT2D eigenvalue weighted by Crippen LogP contribution is -2.15. The minimum Gasteiger partial charge on any atom is -0.313 e. The van der Waals surface area contributed by atoms with Crippen molar-refractivity contribution in [2.45, 2.75) is 40.7 Å². The largest absolute Gasteiger partial charge is 0.313 e. The summed E-state index contributed by atoms with van der Waals surface area (Å²) in [7, 11) is 0. The number of aryl methyl sites for hydroxylation is 2. The fourth-order valence-electron chi connectivity index (χ4n) is 2.18. The Labute approximate surface area is 114 Å². The van der Waals surface area contributed by atoms with E-state index in [9.17, 15) is 0 Å². The third-order valence-corrected chi connectivity index (χ3v) is 3.29. The smallest absolute Gasteiger partial charge is 0.153 e. The molecule has 2 rings (SSSR count). The third kappa shape index (κ3) is 3.01. The molecule has 0 amide bonds. The van der Waals surface area contributed by atoms with E-state index in [1.807, 2.05) is 16.9 Å². The summed E-state index contributed by atoms with van der Waals surface area (Å²) < 4.78 is 1.94. The number of pyridine rings is 1. The van der Waals surface area contributed by atoms with Gasteiger partial charge in [0.1, 0.15) is 0 Å². The van der Waals surface area contributed by atoms with Crippen LogP contribution in [-0.4, -0.2) is 21.3 Å². The van der Waals surface area contributed by atoms with Crippen molar-refractivity contribution in [1.29, 1.82) is 0 Å². The van der Waals surface area contributed by atoms with Crippen LogP contribution in [-0.2, 0) is 6.54 Å². The molecule has 0 aliphatic rings. The second kappa shape index (κ2) is 5.97. The summed E-state index contributed by atoms with van der Waals surface area (Å²) in [6.45, 7) is 10.3. The molecule has 0 bridgehead atoms. The van der Waals surface area contributed by atoms with E-state index >= 15 is 0 Å². The summed E-state index contributed by atoms with van der Waals surface area (Å²) in [5.74, 6) is 0.891. The highest BCUT2D eigenvalue weighted by Crippen LogP contribution is 2.17. The van der Waals surface area contributed by atoms with Crippen LogP contribution in [0.2, 0.25) is 0 Å². The summed E-state index contributed by atoms with van der Waals surface area (Å²) in [6.07, 6.45) is 2.97. The molecule has 0 spiro atoms. The summed E-state index contributed by atoms with van der Waals surface area (Å²) in [4.78, 5) is 4.40. The van der Waals surface area contributed by atoms with Crippen LogP contribution in [0.25, 0.3) is 5.82 Å². The molecule has 2 heterocycles. The minimum atomic E-state index is 0.872. The van der Waals surface area contributed by atoms with Crippen LogP contribution in [0.5, 0.6) is 0 Å². The molecule has 0 saturated heterocycles. The lowest BCUT2D eigenvalue weighted by Gasteiger charge is -2.06. The van der Waals surface area contributed by atoms with Crippen LogP contribution in [0.3, 0.4) is 0 Å². The molecule has 2 aromatic rings. The van der Waals surface area contributed by atoms with Crippen molar-refractivity contribution in [3.8, 4) is 5.82 Å². The van der Waals surface area contributed by atoms with Crippen molar-refractivity contribution in [2.75, 3.05) is 6.54 Å². The van der Waals surface area contributed by atoms with E-state index < -0.39 is 0 Å². The van der Waals surface area contributed by atoms with Gasteiger partial charge in [0.05, 0.1) is 5.69 Å². The molecule has 19 heavy (non-hydrogen) atoms. The molecule has 2 aromatic heterocycles. The first-order valence-electron chi connectivity index (χ1n) is 6.82. The van der Waals surface area contributed by atoms with Gasteiger partial charge in [0.25, 0.3) is 0 Å². The highest BCUT2D eigenvalue weighted by atomic mass is 15.3. The number of hydrogen-bond acceptors (Lipinski definition) is 3. The van der Waals surface area contributed by atoms with Crippen molar-refractivity contribution in [1.82, 2.24) is 20.1 Å². The molecular weight excluding hydrogens is 236 g/mol. The zero-order valence-corrected chi connectivity index (χ0v) is 12.2. The summed E-state index contributed by atoms with van der Waals surface area (Å²) in [5.41, 5.74) is 4.71. The average Bonchev–Trinajstić information content (AvgIpc) is 2.67. The molecule has 0 aromatic carbocycles. The Bertz CT molecular complexity index is 557. The van der Waals surface area contributed by atoms with Crippen LogP contribution >= 0.6 is 0 Å². The normalized spacial score (nSPS) is 10.9. The Hall–Kier alpha value is -1.68. The van der Waals surface area contributed by atoms with Crippen molar-refractivity contribution >= 4 is 0 Å². The molecule has 0 atom stereocenters. The van der Waals surface area contributed by atoms with E-state index in [1.165, 1.54) is 16.8 Å². The van der Waals surface area contributed by atoms with Gasteiger partial charge in [-0.3, -0.25) is 0 Å². The third-order valence-electron chi connectivity index (χ3n) is 3.29. The Kier molecular flexibility index (Phi) is 4.32. The van der Waals surface area contributed by atoms with Crippen LogP contribution in [0, 0.1) is 20.8 Å². The van der Waals surface area contributed by atoms with Gasteiger partial charge >= 0.3 is 0 Å². The summed E-state index contributed by atoms with van der Waals surface area (Å²) in [5, 5.41) is 8.05. The molecular formula is C15H22N4. The van der Waals surface area contributed by atoms with Crippen molar-refractivity contribution in [3.05, 3.63) is 40.8 Å². The first-order valence-corrected chi connectivity index (χ1v) is 6.82. The van der Waals surface area contributed by atoms with E-state index in [4.69, 9.17) is 0 Å². The second-order valence-electron chi connectivity index (χ2n) is 4.93. The van der Waals surface area contributed by atoms with Crippen molar-refractivity contribution < 1.29 is 0 Å². The van der Waals surface area contributed by atoms with Gasteiger partial charge in [0.2, 0.25) is 0 Å². The van der Waals surface area contributed by atoms with Gasteiger partial charge in [-0.05, 0) is 51.4 Å². The summed E-state index contributed by atoms with van der Waals surface area (Å²) in [6, 6.07) is 4.06. The first-order chi connectivity index (χ1) is 9.13. The van der Waals surface area contributed by atoms with E-state index in [-0.39, 0.29) is 0 Å². The molecule has 1 N–H and O–H groups in total. The summed E-state index contributed by atoms with van der Waals surface area (Å²) >= 11 is 0. The quantitative estimate of drug-likeness (QED) is 0.838. The average molecular weight is 258 g/mol. The van der Waals surface area contributed by atoms with E-state index in [0.29, 0.717) is 0 Å². The SMILES string of the molecule is CCCNCc1c(C)nn(-c2cc(C)ccn2)c1C. The Morgan fingerprint density at radius 3 is 2.74 bits per heavy atom. The first kappa shape index (κ1) is 13.7. The minimum absolute atomic E-state index is 0.872. The maximum absolute atomic E-state index is 4.61. The fraction of sp³-hybridized carbons (Fsp3) is 0.467. The molecule has 102 valence electrons. The van der Waals surface area contributed by atoms with E-state index in [1.54, 1.807) is 0 Å². The van der Waals surface area contributed by atoms with Gasteiger partial charge in [0.15, 0.2) is 5.82 Å². The molecule has 4 heteroatoms. The Morgan fingerprint density at radius 2 is 2.05 bits per heavy atom. The topological polar surface area (TPSA) is 42.7 Å². The molecule has 0 aliphatic heterocycles. The maximum Gasteiger partial charge on any atom is 0.153 e. The van der Waals surface area contributed by atoms with Crippen molar-refractivity contribution in [3.63, 3.8) is 0 Å². The number of hydrogen-bond donors (Lipinski definition) is 1. The number of nitrogens with zero attached hydrogens (tertiary/aromatic N) is 3. The highest BCUT2D eigenvalue weighted by molar-refractivity contribution is 5.34. The van der Waals surface area contributed by atoms with Gasteiger partial charge in [-0.1, -0.05) is 6.92 Å². The number of aromatic nitrogens is 3. The van der Waals surface area contributed by atoms with E-state index in [2.05, 4.69) is 49.2 Å². The zero-order chi connectivity index (χ0) is 13.8. The molecule has 0 aliphatic carbocycles. The Balaban J connectivity index is 2.30. The predicted molar refractivity (Wildman–Crippen MR) is 77.6 cm³/mol. The lowest BCUT2D eigenvalue weighted by atomic mass is 10.2. The van der Waals surface area contributed by atoms with Gasteiger partial charge in [0, 0.05) is 24.0 Å². The monoisotopic (exact) mass is 258 g/mol. The lowest BCUT2D eigenvalue weighted by molar-refractivity contribution is 0.670. The standard InChI is InChI=1S/C15H22N4/c1-5-7-16-10-14-12(3)18-19(13(14)4)15-9-11(2)6-8-17-15/h6,8-9,16H,5,7,10H2,1-4H3.